The number of aromatic nitrogens is 2. The topological polar surface area (TPSA) is 51.8 Å². The summed E-state index contributed by atoms with van der Waals surface area (Å²) in [6, 6.07) is 16.2. The van der Waals surface area contributed by atoms with Crippen molar-refractivity contribution >= 4 is 27.6 Å². The van der Waals surface area contributed by atoms with Crippen molar-refractivity contribution in [3.63, 3.8) is 0 Å². The highest BCUT2D eigenvalue weighted by Crippen LogP contribution is 2.26. The SMILES string of the molecule is Cc1cc(C)c(C#Cc2ccc3c(n2)c(N)nc2ccccc23)c(C)c1. The number of nitrogens with two attached hydrogens (primary N) is 1. The molecule has 0 bridgehead atoms. The summed E-state index contributed by atoms with van der Waals surface area (Å²) >= 11 is 0. The number of para-hydroxylation sites is 1. The molecule has 26 heavy (non-hydrogen) atoms. The molecule has 0 radical (unpaired) electrons. The summed E-state index contributed by atoms with van der Waals surface area (Å²) in [7, 11) is 0. The Morgan fingerprint density at radius 2 is 1.54 bits per heavy atom. The highest BCUT2D eigenvalue weighted by atomic mass is 14.9. The molecule has 0 fully saturated rings. The van der Waals surface area contributed by atoms with Gasteiger partial charge in [-0.3, -0.25) is 0 Å². The van der Waals surface area contributed by atoms with Crippen molar-refractivity contribution in [3.05, 3.63) is 76.5 Å². The van der Waals surface area contributed by atoms with Crippen molar-refractivity contribution < 1.29 is 0 Å². The largest absolute Gasteiger partial charge is 0.382 e. The van der Waals surface area contributed by atoms with Crippen LogP contribution in [0.15, 0.2) is 48.5 Å². The third-order valence-electron chi connectivity index (χ3n) is 4.57. The lowest BCUT2D eigenvalue weighted by Gasteiger charge is -2.06. The van der Waals surface area contributed by atoms with E-state index in [9.17, 15) is 0 Å². The molecule has 2 aromatic heterocycles. The van der Waals surface area contributed by atoms with Crippen LogP contribution in [0.5, 0.6) is 0 Å². The van der Waals surface area contributed by atoms with E-state index in [1.165, 1.54) is 16.7 Å². The van der Waals surface area contributed by atoms with Crippen molar-refractivity contribution in [3.8, 4) is 11.8 Å². The van der Waals surface area contributed by atoms with E-state index >= 15 is 0 Å². The second-order valence-corrected chi connectivity index (χ2v) is 6.63. The minimum absolute atomic E-state index is 0.435. The van der Waals surface area contributed by atoms with Gasteiger partial charge in [-0.05, 0) is 56.0 Å². The maximum absolute atomic E-state index is 6.14. The molecule has 2 N–H and O–H groups in total. The van der Waals surface area contributed by atoms with Gasteiger partial charge in [0.2, 0.25) is 0 Å². The Labute approximate surface area is 152 Å². The maximum Gasteiger partial charge on any atom is 0.150 e. The number of benzene rings is 2. The fraction of sp³-hybridized carbons (Fsp3) is 0.130. The molecule has 0 aliphatic heterocycles. The highest BCUT2D eigenvalue weighted by molar-refractivity contribution is 6.08. The van der Waals surface area contributed by atoms with Crippen LogP contribution < -0.4 is 5.73 Å². The average molecular weight is 337 g/mol. The molecule has 0 amide bonds. The van der Waals surface area contributed by atoms with E-state index in [0.717, 1.165) is 21.9 Å². The smallest absolute Gasteiger partial charge is 0.150 e. The third kappa shape index (κ3) is 2.76. The quantitative estimate of drug-likeness (QED) is 0.374. The molecular formula is C23H19N3. The Balaban J connectivity index is 1.85. The molecule has 0 aliphatic rings. The molecule has 0 saturated carbocycles. The van der Waals surface area contributed by atoms with Gasteiger partial charge in [0.25, 0.3) is 0 Å². The first kappa shape index (κ1) is 16.1. The van der Waals surface area contributed by atoms with Crippen molar-refractivity contribution in [2.75, 3.05) is 5.73 Å². The van der Waals surface area contributed by atoms with Gasteiger partial charge >= 0.3 is 0 Å². The lowest BCUT2D eigenvalue weighted by Crippen LogP contribution is -1.96. The molecule has 4 rings (SSSR count). The van der Waals surface area contributed by atoms with Crippen LogP contribution >= 0.6 is 0 Å². The van der Waals surface area contributed by atoms with Crippen molar-refractivity contribution in [1.29, 1.82) is 0 Å². The summed E-state index contributed by atoms with van der Waals surface area (Å²) in [5.41, 5.74) is 13.1. The molecule has 126 valence electrons. The van der Waals surface area contributed by atoms with Crippen LogP contribution in [-0.4, -0.2) is 9.97 Å². The summed E-state index contributed by atoms with van der Waals surface area (Å²) in [5, 5.41) is 2.05. The first-order valence-electron chi connectivity index (χ1n) is 8.58. The van der Waals surface area contributed by atoms with Gasteiger partial charge < -0.3 is 5.73 Å². The molecule has 0 saturated heterocycles. The normalized spacial score (nSPS) is 10.7. The van der Waals surface area contributed by atoms with Gasteiger partial charge in [-0.15, -0.1) is 0 Å². The predicted molar refractivity (Wildman–Crippen MR) is 108 cm³/mol. The number of nitrogens with zero attached hydrogens (tertiary/aromatic N) is 2. The van der Waals surface area contributed by atoms with E-state index in [1.807, 2.05) is 36.4 Å². The Morgan fingerprint density at radius 1 is 0.808 bits per heavy atom. The minimum Gasteiger partial charge on any atom is -0.382 e. The van der Waals surface area contributed by atoms with E-state index in [0.29, 0.717) is 17.0 Å². The van der Waals surface area contributed by atoms with E-state index in [1.54, 1.807) is 0 Å². The molecular weight excluding hydrogens is 318 g/mol. The van der Waals surface area contributed by atoms with E-state index in [2.05, 4.69) is 54.7 Å². The lowest BCUT2D eigenvalue weighted by molar-refractivity contribution is 1.29. The van der Waals surface area contributed by atoms with Gasteiger partial charge in [0, 0.05) is 16.3 Å². The standard InChI is InChI=1S/C23H19N3/c1-14-12-15(2)18(16(3)13-14)10-8-17-9-11-20-19-6-4-5-7-21(19)26-23(24)22(20)25-17/h4-7,9,11-13H,1-3H3,(H2,24,26). The second kappa shape index (κ2) is 6.16. The number of rotatable bonds is 0. The number of fused-ring (bicyclic) bond motifs is 3. The number of hydrogen-bond donors (Lipinski definition) is 1. The Morgan fingerprint density at radius 3 is 2.31 bits per heavy atom. The van der Waals surface area contributed by atoms with Gasteiger partial charge in [-0.2, -0.15) is 0 Å². The van der Waals surface area contributed by atoms with Gasteiger partial charge in [-0.1, -0.05) is 41.8 Å². The first-order chi connectivity index (χ1) is 12.5. The summed E-state index contributed by atoms with van der Waals surface area (Å²) in [6.07, 6.45) is 0. The number of anilines is 1. The highest BCUT2D eigenvalue weighted by Gasteiger charge is 2.07. The predicted octanol–water partition coefficient (Wildman–Crippen LogP) is 4.69. The van der Waals surface area contributed by atoms with Crippen molar-refractivity contribution in [2.45, 2.75) is 20.8 Å². The molecule has 2 aromatic carbocycles. The lowest BCUT2D eigenvalue weighted by atomic mass is 10.0. The van der Waals surface area contributed by atoms with E-state index in [-0.39, 0.29) is 0 Å². The first-order valence-corrected chi connectivity index (χ1v) is 8.58. The van der Waals surface area contributed by atoms with Crippen molar-refractivity contribution in [2.24, 2.45) is 0 Å². The van der Waals surface area contributed by atoms with Gasteiger partial charge in [-0.25, -0.2) is 9.97 Å². The summed E-state index contributed by atoms with van der Waals surface area (Å²) in [5.74, 6) is 6.89. The molecule has 3 nitrogen and oxygen atoms in total. The second-order valence-electron chi connectivity index (χ2n) is 6.63. The summed E-state index contributed by atoms with van der Waals surface area (Å²) < 4.78 is 0. The third-order valence-corrected chi connectivity index (χ3v) is 4.57. The zero-order chi connectivity index (χ0) is 18.3. The Bertz CT molecular complexity index is 1200. The monoisotopic (exact) mass is 337 g/mol. The van der Waals surface area contributed by atoms with Gasteiger partial charge in [0.15, 0.2) is 5.82 Å². The maximum atomic E-state index is 6.14. The zero-order valence-corrected chi connectivity index (χ0v) is 15.1. The number of pyridine rings is 2. The number of nitrogen functional groups attached to an aromatic ring is 1. The average Bonchev–Trinajstić information content (AvgIpc) is 2.61. The fourth-order valence-corrected chi connectivity index (χ4v) is 3.43. The molecule has 2 heterocycles. The van der Waals surface area contributed by atoms with Gasteiger partial charge in [0.1, 0.15) is 11.2 Å². The van der Waals surface area contributed by atoms with E-state index < -0.39 is 0 Å². The molecule has 0 atom stereocenters. The van der Waals surface area contributed by atoms with Crippen LogP contribution in [-0.2, 0) is 0 Å². The Kier molecular flexibility index (Phi) is 3.82. The van der Waals surface area contributed by atoms with Crippen LogP contribution in [0.1, 0.15) is 27.9 Å². The number of hydrogen-bond acceptors (Lipinski definition) is 3. The molecule has 0 unspecified atom stereocenters. The molecule has 4 aromatic rings. The van der Waals surface area contributed by atoms with Crippen LogP contribution in [0, 0.1) is 32.6 Å². The minimum atomic E-state index is 0.435. The van der Waals surface area contributed by atoms with Crippen LogP contribution in [0.3, 0.4) is 0 Å². The number of aryl methyl sites for hydroxylation is 3. The van der Waals surface area contributed by atoms with Crippen LogP contribution in [0.25, 0.3) is 21.8 Å². The van der Waals surface area contributed by atoms with E-state index in [4.69, 9.17) is 5.73 Å². The fourth-order valence-electron chi connectivity index (χ4n) is 3.43. The van der Waals surface area contributed by atoms with Crippen LogP contribution in [0.2, 0.25) is 0 Å². The van der Waals surface area contributed by atoms with Gasteiger partial charge in [0.05, 0.1) is 5.52 Å². The van der Waals surface area contributed by atoms with Crippen LogP contribution in [0.4, 0.5) is 5.82 Å². The molecule has 3 heteroatoms. The Hall–Kier alpha value is -3.38. The summed E-state index contributed by atoms with van der Waals surface area (Å²) in [4.78, 5) is 9.12. The molecule has 0 aliphatic carbocycles. The zero-order valence-electron chi connectivity index (χ0n) is 15.1. The molecule has 0 spiro atoms. The van der Waals surface area contributed by atoms with Crippen molar-refractivity contribution in [1.82, 2.24) is 9.97 Å². The summed E-state index contributed by atoms with van der Waals surface area (Å²) in [6.45, 7) is 6.28.